The number of rotatable bonds is 5. The van der Waals surface area contributed by atoms with Crippen molar-refractivity contribution in [2.75, 3.05) is 31.1 Å². The minimum atomic E-state index is -4.99. The van der Waals surface area contributed by atoms with Gasteiger partial charge in [0, 0.05) is 31.7 Å². The Morgan fingerprint density at radius 3 is 2.15 bits per heavy atom. The third-order valence-electron chi connectivity index (χ3n) is 5.75. The molecular formula is C23H22F4N4O2S. The molecule has 180 valence electrons. The van der Waals surface area contributed by atoms with Crippen molar-refractivity contribution in [1.29, 1.82) is 0 Å². The SMILES string of the molecule is CCc1ccc(-c2ccc(N3CCN(S(=O)(=O)c4ccc(F)c(C(F)(F)F)c4)CC3)nn2)cc1. The van der Waals surface area contributed by atoms with Gasteiger partial charge in [-0.1, -0.05) is 31.2 Å². The molecule has 0 saturated carbocycles. The van der Waals surface area contributed by atoms with Crippen molar-refractivity contribution in [1.82, 2.24) is 14.5 Å². The van der Waals surface area contributed by atoms with E-state index in [1.807, 2.05) is 35.2 Å². The van der Waals surface area contributed by atoms with Crippen LogP contribution in [0.25, 0.3) is 11.3 Å². The first-order valence-corrected chi connectivity index (χ1v) is 12.1. The Kier molecular flexibility index (Phi) is 6.59. The summed E-state index contributed by atoms with van der Waals surface area (Å²) in [5.41, 5.74) is 1.26. The molecule has 0 spiro atoms. The molecule has 1 aromatic heterocycles. The standard InChI is InChI=1S/C23H22F4N4O2S/c1-2-16-3-5-17(6-4-16)21-9-10-22(29-28-21)30-11-13-31(14-12-30)34(32,33)18-7-8-20(24)19(15-18)23(25,26)27/h3-10,15H,2,11-14H2,1H3. The Bertz CT molecular complexity index is 1260. The number of nitrogens with zero attached hydrogens (tertiary/aromatic N) is 4. The smallest absolute Gasteiger partial charge is 0.352 e. The van der Waals surface area contributed by atoms with Gasteiger partial charge in [-0.2, -0.15) is 17.5 Å². The Balaban J connectivity index is 1.44. The van der Waals surface area contributed by atoms with Crippen LogP contribution in [-0.2, 0) is 22.6 Å². The molecule has 1 aliphatic heterocycles. The third-order valence-corrected chi connectivity index (χ3v) is 7.65. The molecule has 0 atom stereocenters. The maximum atomic E-state index is 13.6. The van der Waals surface area contributed by atoms with Crippen molar-refractivity contribution in [2.24, 2.45) is 0 Å². The van der Waals surface area contributed by atoms with Gasteiger partial charge in [0.25, 0.3) is 0 Å². The number of aromatic nitrogens is 2. The summed E-state index contributed by atoms with van der Waals surface area (Å²) in [6.07, 6.45) is -4.05. The highest BCUT2D eigenvalue weighted by molar-refractivity contribution is 7.89. The molecule has 0 bridgehead atoms. The summed E-state index contributed by atoms with van der Waals surface area (Å²) >= 11 is 0. The van der Waals surface area contributed by atoms with E-state index in [1.165, 1.54) is 5.56 Å². The average molecular weight is 495 g/mol. The fourth-order valence-corrected chi connectivity index (χ4v) is 5.20. The fourth-order valence-electron chi connectivity index (χ4n) is 3.75. The van der Waals surface area contributed by atoms with Gasteiger partial charge in [-0.05, 0) is 42.3 Å². The van der Waals surface area contributed by atoms with E-state index in [9.17, 15) is 26.0 Å². The number of piperazine rings is 1. The molecule has 3 aromatic rings. The number of alkyl halides is 3. The Labute approximate surface area is 194 Å². The molecule has 1 fully saturated rings. The first kappa shape index (κ1) is 24.1. The number of hydrogen-bond acceptors (Lipinski definition) is 5. The Morgan fingerprint density at radius 2 is 1.59 bits per heavy atom. The zero-order chi connectivity index (χ0) is 24.5. The Morgan fingerprint density at radius 1 is 0.912 bits per heavy atom. The minimum Gasteiger partial charge on any atom is -0.352 e. The summed E-state index contributed by atoms with van der Waals surface area (Å²) in [4.78, 5) is 1.27. The van der Waals surface area contributed by atoms with E-state index in [4.69, 9.17) is 0 Å². The summed E-state index contributed by atoms with van der Waals surface area (Å²) in [6.45, 7) is 2.73. The van der Waals surface area contributed by atoms with Gasteiger partial charge in [0.2, 0.25) is 10.0 Å². The number of hydrogen-bond donors (Lipinski definition) is 0. The molecule has 11 heteroatoms. The predicted molar refractivity (Wildman–Crippen MR) is 119 cm³/mol. The first-order valence-electron chi connectivity index (χ1n) is 10.6. The van der Waals surface area contributed by atoms with Gasteiger partial charge in [-0.15, -0.1) is 10.2 Å². The van der Waals surface area contributed by atoms with Gasteiger partial charge < -0.3 is 4.90 Å². The lowest BCUT2D eigenvalue weighted by molar-refractivity contribution is -0.140. The molecular weight excluding hydrogens is 472 g/mol. The number of halogens is 4. The van der Waals surface area contributed by atoms with Crippen LogP contribution < -0.4 is 4.90 Å². The lowest BCUT2D eigenvalue weighted by Crippen LogP contribution is -2.49. The molecule has 6 nitrogen and oxygen atoms in total. The molecule has 2 heterocycles. The summed E-state index contributed by atoms with van der Waals surface area (Å²) in [7, 11) is -4.21. The zero-order valence-electron chi connectivity index (χ0n) is 18.3. The highest BCUT2D eigenvalue weighted by Gasteiger charge is 2.37. The van der Waals surface area contributed by atoms with Crippen molar-refractivity contribution in [3.8, 4) is 11.3 Å². The quantitative estimate of drug-likeness (QED) is 0.493. The Hall–Kier alpha value is -3.05. The molecule has 1 saturated heterocycles. The lowest BCUT2D eigenvalue weighted by atomic mass is 10.1. The summed E-state index contributed by atoms with van der Waals surface area (Å²) in [6, 6.07) is 13.4. The second kappa shape index (κ2) is 9.30. The van der Waals surface area contributed by atoms with Crippen molar-refractivity contribution >= 4 is 15.8 Å². The topological polar surface area (TPSA) is 66.4 Å². The van der Waals surface area contributed by atoms with E-state index >= 15 is 0 Å². The van der Waals surface area contributed by atoms with E-state index < -0.39 is 32.5 Å². The van der Waals surface area contributed by atoms with Crippen molar-refractivity contribution in [3.05, 3.63) is 71.5 Å². The molecule has 0 amide bonds. The van der Waals surface area contributed by atoms with Gasteiger partial charge >= 0.3 is 6.18 Å². The fraction of sp³-hybridized carbons (Fsp3) is 0.304. The van der Waals surface area contributed by atoms with Crippen LogP contribution in [0, 0.1) is 5.82 Å². The normalized spacial score (nSPS) is 15.5. The van der Waals surface area contributed by atoms with Gasteiger partial charge in [-0.25, -0.2) is 12.8 Å². The van der Waals surface area contributed by atoms with Crippen molar-refractivity contribution in [2.45, 2.75) is 24.4 Å². The molecule has 0 radical (unpaired) electrons. The second-order valence-electron chi connectivity index (χ2n) is 7.86. The average Bonchev–Trinajstić information content (AvgIpc) is 2.84. The molecule has 0 unspecified atom stereocenters. The van der Waals surface area contributed by atoms with Crippen LogP contribution in [0.1, 0.15) is 18.1 Å². The summed E-state index contributed by atoms with van der Waals surface area (Å²) in [5.74, 6) is -0.938. The van der Waals surface area contributed by atoms with Crippen molar-refractivity contribution < 1.29 is 26.0 Å². The molecule has 2 aromatic carbocycles. The third kappa shape index (κ3) is 4.90. The van der Waals surface area contributed by atoms with Crippen LogP contribution in [0.15, 0.2) is 59.5 Å². The number of benzene rings is 2. The predicted octanol–water partition coefficient (Wildman–Crippen LogP) is 4.37. The maximum Gasteiger partial charge on any atom is 0.419 e. The van der Waals surface area contributed by atoms with Gasteiger partial charge in [-0.3, -0.25) is 0 Å². The maximum absolute atomic E-state index is 13.6. The van der Waals surface area contributed by atoms with Crippen molar-refractivity contribution in [3.63, 3.8) is 0 Å². The molecule has 0 N–H and O–H groups in total. The van der Waals surface area contributed by atoms with Crippen LogP contribution >= 0.6 is 0 Å². The lowest BCUT2D eigenvalue weighted by Gasteiger charge is -2.34. The van der Waals surface area contributed by atoms with E-state index in [0.717, 1.165) is 22.4 Å². The van der Waals surface area contributed by atoms with Gasteiger partial charge in [0.1, 0.15) is 5.82 Å². The van der Waals surface area contributed by atoms with Crippen LogP contribution in [0.4, 0.5) is 23.4 Å². The van der Waals surface area contributed by atoms with E-state index in [0.29, 0.717) is 23.6 Å². The number of anilines is 1. The minimum absolute atomic E-state index is 0.0446. The van der Waals surface area contributed by atoms with Crippen LogP contribution in [0.3, 0.4) is 0 Å². The van der Waals surface area contributed by atoms with Crippen LogP contribution in [0.5, 0.6) is 0 Å². The monoisotopic (exact) mass is 494 g/mol. The molecule has 4 rings (SSSR count). The summed E-state index contributed by atoms with van der Waals surface area (Å²) < 4.78 is 79.4. The highest BCUT2D eigenvalue weighted by Crippen LogP contribution is 2.33. The summed E-state index contributed by atoms with van der Waals surface area (Å²) in [5, 5.41) is 8.53. The first-order chi connectivity index (χ1) is 16.1. The van der Waals surface area contributed by atoms with E-state index in [-0.39, 0.29) is 26.2 Å². The molecule has 34 heavy (non-hydrogen) atoms. The van der Waals surface area contributed by atoms with Crippen LogP contribution in [0.2, 0.25) is 0 Å². The van der Waals surface area contributed by atoms with Gasteiger partial charge in [0.05, 0.1) is 16.2 Å². The molecule has 1 aliphatic rings. The molecule has 0 aliphatic carbocycles. The largest absolute Gasteiger partial charge is 0.419 e. The number of aryl methyl sites for hydroxylation is 1. The van der Waals surface area contributed by atoms with E-state index in [2.05, 4.69) is 17.1 Å². The number of sulfonamides is 1. The zero-order valence-corrected chi connectivity index (χ0v) is 19.1. The second-order valence-corrected chi connectivity index (χ2v) is 9.80. The van der Waals surface area contributed by atoms with Crippen LogP contribution in [-0.4, -0.2) is 49.1 Å². The highest BCUT2D eigenvalue weighted by atomic mass is 32.2. The van der Waals surface area contributed by atoms with E-state index in [1.54, 1.807) is 6.07 Å². The van der Waals surface area contributed by atoms with Gasteiger partial charge in [0.15, 0.2) is 5.82 Å².